The summed E-state index contributed by atoms with van der Waals surface area (Å²) in [4.78, 5) is 49.0. The molecule has 3 rings (SSSR count). The maximum absolute atomic E-state index is 12.0. The van der Waals surface area contributed by atoms with Gasteiger partial charge in [-0.05, 0) is 18.1 Å². The minimum atomic E-state index is -1.17. The van der Waals surface area contributed by atoms with Gasteiger partial charge < -0.3 is 28.6 Å². The second-order valence-electron chi connectivity index (χ2n) is 7.66. The smallest absolute Gasteiger partial charge is 0.303 e. The summed E-state index contributed by atoms with van der Waals surface area (Å²) in [6, 6.07) is 7.70. The molecule has 0 amide bonds. The molecule has 1 aromatic carbocycles. The third kappa shape index (κ3) is 5.37. The van der Waals surface area contributed by atoms with Crippen molar-refractivity contribution >= 4 is 29.6 Å². The first-order valence-corrected chi connectivity index (χ1v) is 10.3. The summed E-state index contributed by atoms with van der Waals surface area (Å²) < 4.78 is 27.8. The maximum Gasteiger partial charge on any atom is 0.303 e. The number of nitrogens with zero attached hydrogens (tertiary/aromatic N) is 1. The van der Waals surface area contributed by atoms with Crippen molar-refractivity contribution in [3.63, 3.8) is 0 Å². The molecule has 0 saturated carbocycles. The van der Waals surface area contributed by atoms with E-state index < -0.39 is 54.5 Å². The maximum atomic E-state index is 12.0. The Kier molecular flexibility index (Phi) is 7.34. The van der Waals surface area contributed by atoms with Crippen molar-refractivity contribution in [3.8, 4) is 0 Å². The molecule has 0 radical (unpaired) electrons. The highest BCUT2D eigenvalue weighted by Gasteiger charge is 2.54. The predicted octanol–water partition coefficient (Wildman–Crippen LogP) is 1.13. The number of hydrogen-bond donors (Lipinski definition) is 0. The summed E-state index contributed by atoms with van der Waals surface area (Å²) in [6.07, 6.45) is -4.53. The van der Waals surface area contributed by atoms with Crippen molar-refractivity contribution in [3.05, 3.63) is 29.8 Å². The van der Waals surface area contributed by atoms with Crippen molar-refractivity contribution in [1.29, 1.82) is 0 Å². The van der Waals surface area contributed by atoms with Crippen LogP contribution in [0.15, 0.2) is 24.3 Å². The standard InChI is InChI=1S/C22H27NO9/c1-12(24)28-11-18-19(29-13(2)25)20(30-14(3)26)21(31-15(4)27)22(32-18)23-10-9-16-7-5-6-8-17(16)23/h5-8,18-22H,9-11H2,1-4H3/t18-,19-,20+,21+,22-/m0/s1. The average molecular weight is 449 g/mol. The summed E-state index contributed by atoms with van der Waals surface area (Å²) in [5.41, 5.74) is 1.97. The Morgan fingerprint density at radius 1 is 0.875 bits per heavy atom. The average Bonchev–Trinajstić information content (AvgIpc) is 3.12. The molecule has 0 spiro atoms. The first-order valence-electron chi connectivity index (χ1n) is 10.3. The van der Waals surface area contributed by atoms with Crippen LogP contribution in [0, 0.1) is 0 Å². The Hall–Kier alpha value is -3.14. The normalized spacial score (nSPS) is 26.6. The molecule has 1 saturated heterocycles. The van der Waals surface area contributed by atoms with Gasteiger partial charge in [0.1, 0.15) is 12.7 Å². The van der Waals surface area contributed by atoms with Crippen LogP contribution < -0.4 is 4.90 Å². The zero-order valence-corrected chi connectivity index (χ0v) is 18.4. The molecule has 1 aromatic rings. The fourth-order valence-electron chi connectivity index (χ4n) is 4.08. The molecular weight excluding hydrogens is 422 g/mol. The molecule has 2 aliphatic rings. The SMILES string of the molecule is CC(=O)OC[C@@H]1O[C@H](N2CCc3ccccc32)[C@H](OC(C)=O)[C@H](OC(C)=O)[C@H]1OC(C)=O. The second-order valence-corrected chi connectivity index (χ2v) is 7.66. The van der Waals surface area contributed by atoms with Crippen LogP contribution in [0.3, 0.4) is 0 Å². The lowest BCUT2D eigenvalue weighted by molar-refractivity contribution is -0.252. The number of carbonyl (C=O) groups is 4. The molecule has 0 N–H and O–H groups in total. The van der Waals surface area contributed by atoms with E-state index in [1.54, 1.807) is 0 Å². The molecule has 0 aliphatic carbocycles. The number of benzene rings is 1. The lowest BCUT2D eigenvalue weighted by Crippen LogP contribution is -2.66. The van der Waals surface area contributed by atoms with Gasteiger partial charge in [-0.3, -0.25) is 19.2 Å². The lowest BCUT2D eigenvalue weighted by Gasteiger charge is -2.47. The van der Waals surface area contributed by atoms with Crippen molar-refractivity contribution < 1.29 is 42.9 Å². The molecule has 10 nitrogen and oxygen atoms in total. The monoisotopic (exact) mass is 449 g/mol. The molecule has 2 heterocycles. The zero-order chi connectivity index (χ0) is 23.4. The minimum Gasteiger partial charge on any atom is -0.463 e. The summed E-state index contributed by atoms with van der Waals surface area (Å²) in [5.74, 6) is -2.48. The Morgan fingerprint density at radius 3 is 2.09 bits per heavy atom. The van der Waals surface area contributed by atoms with E-state index in [0.717, 1.165) is 17.7 Å². The van der Waals surface area contributed by atoms with Gasteiger partial charge in [0, 0.05) is 39.9 Å². The molecule has 0 bridgehead atoms. The Bertz CT molecular complexity index is 886. The molecule has 32 heavy (non-hydrogen) atoms. The van der Waals surface area contributed by atoms with Crippen molar-refractivity contribution in [1.82, 2.24) is 0 Å². The van der Waals surface area contributed by atoms with Crippen LogP contribution in [0.5, 0.6) is 0 Å². The van der Waals surface area contributed by atoms with Gasteiger partial charge in [-0.25, -0.2) is 0 Å². The van der Waals surface area contributed by atoms with Crippen molar-refractivity contribution in [2.75, 3.05) is 18.1 Å². The predicted molar refractivity (Wildman–Crippen MR) is 109 cm³/mol. The number of fused-ring (bicyclic) bond motifs is 1. The van der Waals surface area contributed by atoms with Crippen LogP contribution in [-0.2, 0) is 49.3 Å². The third-order valence-electron chi connectivity index (χ3n) is 5.20. The third-order valence-corrected chi connectivity index (χ3v) is 5.20. The molecule has 174 valence electrons. The number of para-hydroxylation sites is 1. The minimum absolute atomic E-state index is 0.246. The van der Waals surface area contributed by atoms with Gasteiger partial charge in [0.25, 0.3) is 0 Å². The summed E-state index contributed by atoms with van der Waals surface area (Å²) in [6.45, 7) is 5.18. The number of esters is 4. The van der Waals surface area contributed by atoms with Gasteiger partial charge in [0.05, 0.1) is 0 Å². The van der Waals surface area contributed by atoms with E-state index in [1.165, 1.54) is 27.7 Å². The van der Waals surface area contributed by atoms with E-state index in [0.29, 0.717) is 6.54 Å². The van der Waals surface area contributed by atoms with Gasteiger partial charge in [-0.1, -0.05) is 18.2 Å². The van der Waals surface area contributed by atoms with Crippen LogP contribution in [0.2, 0.25) is 0 Å². The molecule has 1 fully saturated rings. The highest BCUT2D eigenvalue weighted by molar-refractivity contribution is 5.69. The Labute approximate surface area is 185 Å². The largest absolute Gasteiger partial charge is 0.463 e. The molecule has 0 unspecified atom stereocenters. The van der Waals surface area contributed by atoms with Crippen LogP contribution >= 0.6 is 0 Å². The number of hydrogen-bond acceptors (Lipinski definition) is 10. The fraction of sp³-hybridized carbons (Fsp3) is 0.545. The number of ether oxygens (including phenoxy) is 5. The van der Waals surface area contributed by atoms with Gasteiger partial charge in [-0.2, -0.15) is 0 Å². The van der Waals surface area contributed by atoms with Crippen LogP contribution in [0.25, 0.3) is 0 Å². The highest BCUT2D eigenvalue weighted by atomic mass is 16.7. The van der Waals surface area contributed by atoms with Crippen LogP contribution in [-0.4, -0.2) is 67.7 Å². The summed E-state index contributed by atoms with van der Waals surface area (Å²) >= 11 is 0. The van der Waals surface area contributed by atoms with Crippen LogP contribution in [0.4, 0.5) is 5.69 Å². The molecule has 0 aromatic heterocycles. The first-order chi connectivity index (χ1) is 15.2. The number of carbonyl (C=O) groups excluding carboxylic acids is 4. The Balaban J connectivity index is 2.03. The molecule has 5 atom stereocenters. The molecule has 2 aliphatic heterocycles. The van der Waals surface area contributed by atoms with E-state index in [9.17, 15) is 19.2 Å². The molecule has 10 heteroatoms. The van der Waals surface area contributed by atoms with Gasteiger partial charge >= 0.3 is 23.9 Å². The van der Waals surface area contributed by atoms with E-state index in [1.807, 2.05) is 29.2 Å². The quantitative estimate of drug-likeness (QED) is 0.462. The lowest BCUT2D eigenvalue weighted by atomic mass is 9.96. The van der Waals surface area contributed by atoms with Gasteiger partial charge in [-0.15, -0.1) is 0 Å². The first kappa shape index (κ1) is 23.5. The number of anilines is 1. The van der Waals surface area contributed by atoms with Gasteiger partial charge in [0.15, 0.2) is 24.5 Å². The summed E-state index contributed by atoms with van der Waals surface area (Å²) in [5, 5.41) is 0. The van der Waals surface area contributed by atoms with E-state index >= 15 is 0 Å². The van der Waals surface area contributed by atoms with Crippen molar-refractivity contribution in [2.45, 2.75) is 64.8 Å². The highest BCUT2D eigenvalue weighted by Crippen LogP contribution is 2.37. The Morgan fingerprint density at radius 2 is 1.47 bits per heavy atom. The van der Waals surface area contributed by atoms with Crippen molar-refractivity contribution in [2.24, 2.45) is 0 Å². The zero-order valence-electron chi connectivity index (χ0n) is 18.4. The summed E-state index contributed by atoms with van der Waals surface area (Å²) in [7, 11) is 0. The fourth-order valence-corrected chi connectivity index (χ4v) is 4.08. The van der Waals surface area contributed by atoms with E-state index in [4.69, 9.17) is 23.7 Å². The van der Waals surface area contributed by atoms with Crippen LogP contribution in [0.1, 0.15) is 33.3 Å². The van der Waals surface area contributed by atoms with E-state index in [2.05, 4.69) is 0 Å². The number of rotatable bonds is 6. The molecular formula is C22H27NO9. The topological polar surface area (TPSA) is 118 Å². The van der Waals surface area contributed by atoms with E-state index in [-0.39, 0.29) is 6.61 Å². The second kappa shape index (κ2) is 9.99. The van der Waals surface area contributed by atoms with Gasteiger partial charge in [0.2, 0.25) is 0 Å².